The number of hydrogen-bond donors (Lipinski definition) is 1. The Morgan fingerprint density at radius 1 is 1.10 bits per heavy atom. The molecular weight excluding hydrogens is 286 g/mol. The zero-order chi connectivity index (χ0) is 15.4. The standard InChI is InChI=1S/C15H21N3O2S/c1-9(2)13-15(21-18-17-13)14(16-3)10-6-11(19-4)8-12(7-10)20-5/h6-9,14,16H,1-5H3. The molecule has 0 bridgehead atoms. The summed E-state index contributed by atoms with van der Waals surface area (Å²) in [5, 5.41) is 7.60. The SMILES string of the molecule is CNC(c1cc(OC)cc(OC)c1)c1snnc1C(C)C. The van der Waals surface area contributed by atoms with Crippen molar-refractivity contribution in [3.8, 4) is 11.5 Å². The van der Waals surface area contributed by atoms with Gasteiger partial charge in [0.15, 0.2) is 0 Å². The minimum Gasteiger partial charge on any atom is -0.497 e. The van der Waals surface area contributed by atoms with E-state index in [1.54, 1.807) is 14.2 Å². The van der Waals surface area contributed by atoms with E-state index in [1.165, 1.54) is 11.5 Å². The Morgan fingerprint density at radius 2 is 1.71 bits per heavy atom. The van der Waals surface area contributed by atoms with Crippen LogP contribution in [0.25, 0.3) is 0 Å². The van der Waals surface area contributed by atoms with Gasteiger partial charge in [-0.15, -0.1) is 5.10 Å². The summed E-state index contributed by atoms with van der Waals surface area (Å²) in [6.07, 6.45) is 0. The van der Waals surface area contributed by atoms with E-state index in [-0.39, 0.29) is 6.04 Å². The van der Waals surface area contributed by atoms with Gasteiger partial charge in [0, 0.05) is 6.07 Å². The van der Waals surface area contributed by atoms with Crippen LogP contribution in [0.2, 0.25) is 0 Å². The van der Waals surface area contributed by atoms with Crippen LogP contribution in [0.15, 0.2) is 18.2 Å². The Labute approximate surface area is 129 Å². The molecule has 1 N–H and O–H groups in total. The van der Waals surface area contributed by atoms with E-state index in [9.17, 15) is 0 Å². The number of rotatable bonds is 6. The van der Waals surface area contributed by atoms with Crippen molar-refractivity contribution in [3.63, 3.8) is 0 Å². The molecule has 21 heavy (non-hydrogen) atoms. The van der Waals surface area contributed by atoms with Crippen LogP contribution in [0.3, 0.4) is 0 Å². The number of methoxy groups -OCH3 is 2. The van der Waals surface area contributed by atoms with Gasteiger partial charge in [0.2, 0.25) is 0 Å². The lowest BCUT2D eigenvalue weighted by Crippen LogP contribution is -2.18. The molecule has 1 heterocycles. The smallest absolute Gasteiger partial charge is 0.122 e. The first-order valence-corrected chi connectivity index (χ1v) is 7.60. The lowest BCUT2D eigenvalue weighted by Gasteiger charge is -2.18. The normalized spacial score (nSPS) is 12.5. The van der Waals surface area contributed by atoms with Gasteiger partial charge in [0.25, 0.3) is 0 Å². The number of nitrogens with zero attached hydrogens (tertiary/aromatic N) is 2. The summed E-state index contributed by atoms with van der Waals surface area (Å²) in [5.41, 5.74) is 2.10. The van der Waals surface area contributed by atoms with Crippen LogP contribution in [0.5, 0.6) is 11.5 Å². The Kier molecular flexibility index (Phi) is 5.14. The van der Waals surface area contributed by atoms with Crippen LogP contribution < -0.4 is 14.8 Å². The van der Waals surface area contributed by atoms with Gasteiger partial charge in [-0.1, -0.05) is 18.3 Å². The van der Waals surface area contributed by atoms with Crippen LogP contribution >= 0.6 is 11.5 Å². The van der Waals surface area contributed by atoms with Crippen LogP contribution in [0.4, 0.5) is 0 Å². The molecule has 0 fully saturated rings. The topological polar surface area (TPSA) is 56.3 Å². The zero-order valence-corrected chi connectivity index (χ0v) is 13.8. The first kappa shape index (κ1) is 15.7. The second kappa shape index (κ2) is 6.87. The van der Waals surface area contributed by atoms with E-state index in [2.05, 4.69) is 28.8 Å². The molecule has 1 aromatic carbocycles. The summed E-state index contributed by atoms with van der Waals surface area (Å²) < 4.78 is 14.8. The summed E-state index contributed by atoms with van der Waals surface area (Å²) in [4.78, 5) is 1.13. The maximum absolute atomic E-state index is 5.35. The van der Waals surface area contributed by atoms with E-state index in [0.29, 0.717) is 5.92 Å². The number of aromatic nitrogens is 2. The van der Waals surface area contributed by atoms with Crippen molar-refractivity contribution in [2.45, 2.75) is 25.8 Å². The average Bonchev–Trinajstić information content (AvgIpc) is 2.97. The molecule has 0 aliphatic carbocycles. The van der Waals surface area contributed by atoms with Crippen molar-refractivity contribution in [1.82, 2.24) is 14.9 Å². The third kappa shape index (κ3) is 3.33. The van der Waals surface area contributed by atoms with E-state index < -0.39 is 0 Å². The Hall–Kier alpha value is -1.66. The monoisotopic (exact) mass is 307 g/mol. The highest BCUT2D eigenvalue weighted by molar-refractivity contribution is 7.05. The fourth-order valence-electron chi connectivity index (χ4n) is 2.25. The van der Waals surface area contributed by atoms with Gasteiger partial charge in [-0.05, 0) is 42.2 Å². The molecule has 0 aliphatic heterocycles. The molecule has 0 radical (unpaired) electrons. The maximum atomic E-state index is 5.35. The molecule has 1 aromatic heterocycles. The summed E-state index contributed by atoms with van der Waals surface area (Å²) in [5.74, 6) is 1.88. The summed E-state index contributed by atoms with van der Waals surface area (Å²) in [7, 11) is 5.24. The van der Waals surface area contributed by atoms with Crippen LogP contribution in [0, 0.1) is 0 Å². The molecule has 0 spiro atoms. The largest absolute Gasteiger partial charge is 0.497 e. The molecule has 5 nitrogen and oxygen atoms in total. The fourth-order valence-corrected chi connectivity index (χ4v) is 3.20. The molecule has 2 rings (SSSR count). The first-order valence-electron chi connectivity index (χ1n) is 6.83. The van der Waals surface area contributed by atoms with Gasteiger partial charge in [0.1, 0.15) is 11.5 Å². The molecule has 0 amide bonds. The predicted octanol–water partition coefficient (Wildman–Crippen LogP) is 2.99. The van der Waals surface area contributed by atoms with E-state index in [1.807, 2.05) is 25.2 Å². The van der Waals surface area contributed by atoms with Gasteiger partial charge < -0.3 is 14.8 Å². The van der Waals surface area contributed by atoms with E-state index in [0.717, 1.165) is 27.6 Å². The predicted molar refractivity (Wildman–Crippen MR) is 84.4 cm³/mol. The molecule has 1 unspecified atom stereocenters. The van der Waals surface area contributed by atoms with Gasteiger partial charge >= 0.3 is 0 Å². The second-order valence-corrected chi connectivity index (χ2v) is 5.83. The number of hydrogen-bond acceptors (Lipinski definition) is 6. The van der Waals surface area contributed by atoms with Crippen molar-refractivity contribution in [1.29, 1.82) is 0 Å². The van der Waals surface area contributed by atoms with Gasteiger partial charge in [-0.3, -0.25) is 0 Å². The summed E-state index contributed by atoms with van der Waals surface area (Å²) >= 11 is 1.43. The molecule has 1 atom stereocenters. The van der Waals surface area contributed by atoms with Gasteiger partial charge in [0.05, 0.1) is 30.8 Å². The minimum absolute atomic E-state index is 0.0198. The molecule has 0 saturated carbocycles. The Balaban J connectivity index is 2.48. The fraction of sp³-hybridized carbons (Fsp3) is 0.467. The first-order chi connectivity index (χ1) is 10.1. The van der Waals surface area contributed by atoms with Crippen molar-refractivity contribution in [2.24, 2.45) is 0 Å². The van der Waals surface area contributed by atoms with Crippen molar-refractivity contribution in [3.05, 3.63) is 34.3 Å². The second-order valence-electron chi connectivity index (χ2n) is 5.04. The number of benzene rings is 1. The molecule has 0 aliphatic rings. The highest BCUT2D eigenvalue weighted by atomic mass is 32.1. The highest BCUT2D eigenvalue weighted by Crippen LogP contribution is 2.34. The third-order valence-electron chi connectivity index (χ3n) is 3.35. The number of ether oxygens (including phenoxy) is 2. The average molecular weight is 307 g/mol. The van der Waals surface area contributed by atoms with Crippen molar-refractivity contribution >= 4 is 11.5 Å². The van der Waals surface area contributed by atoms with Gasteiger partial charge in [-0.25, -0.2) is 0 Å². The van der Waals surface area contributed by atoms with Crippen molar-refractivity contribution in [2.75, 3.05) is 21.3 Å². The molecule has 6 heteroatoms. The maximum Gasteiger partial charge on any atom is 0.122 e. The molecule has 114 valence electrons. The van der Waals surface area contributed by atoms with Crippen molar-refractivity contribution < 1.29 is 9.47 Å². The molecular formula is C15H21N3O2S. The van der Waals surface area contributed by atoms with Crippen LogP contribution in [-0.4, -0.2) is 30.9 Å². The summed E-state index contributed by atoms with van der Waals surface area (Å²) in [6.45, 7) is 4.25. The summed E-state index contributed by atoms with van der Waals surface area (Å²) in [6, 6.07) is 5.90. The Morgan fingerprint density at radius 3 is 2.19 bits per heavy atom. The lowest BCUT2D eigenvalue weighted by atomic mass is 10.00. The molecule has 0 saturated heterocycles. The Bertz CT molecular complexity index is 576. The van der Waals surface area contributed by atoms with E-state index >= 15 is 0 Å². The minimum atomic E-state index is 0.0198. The highest BCUT2D eigenvalue weighted by Gasteiger charge is 2.22. The molecule has 2 aromatic rings. The van der Waals surface area contributed by atoms with Crippen LogP contribution in [0.1, 0.15) is 41.9 Å². The number of nitrogens with one attached hydrogen (secondary N) is 1. The van der Waals surface area contributed by atoms with Gasteiger partial charge in [-0.2, -0.15) is 0 Å². The quantitative estimate of drug-likeness (QED) is 0.889. The van der Waals surface area contributed by atoms with E-state index in [4.69, 9.17) is 9.47 Å². The third-order valence-corrected chi connectivity index (χ3v) is 4.15. The lowest BCUT2D eigenvalue weighted by molar-refractivity contribution is 0.392. The van der Waals surface area contributed by atoms with Crippen LogP contribution in [-0.2, 0) is 0 Å². The zero-order valence-electron chi connectivity index (χ0n) is 13.0.